The maximum atomic E-state index is 9.75. The summed E-state index contributed by atoms with van der Waals surface area (Å²) >= 11 is 0. The van der Waals surface area contributed by atoms with Gasteiger partial charge in [0.2, 0.25) is 0 Å². The maximum Gasteiger partial charge on any atom is 0.0631 e. The van der Waals surface area contributed by atoms with Gasteiger partial charge >= 0.3 is 0 Å². The first-order valence-electron chi connectivity index (χ1n) is 7.21. The molecule has 0 saturated carbocycles. The van der Waals surface area contributed by atoms with Crippen molar-refractivity contribution in [2.75, 3.05) is 6.61 Å². The predicted molar refractivity (Wildman–Crippen MR) is 75.7 cm³/mol. The molecule has 0 bridgehead atoms. The summed E-state index contributed by atoms with van der Waals surface area (Å²) in [6.45, 7) is 8.90. The lowest BCUT2D eigenvalue weighted by atomic mass is 9.77. The summed E-state index contributed by atoms with van der Waals surface area (Å²) in [7, 11) is 0. The Morgan fingerprint density at radius 3 is 2.56 bits per heavy atom. The van der Waals surface area contributed by atoms with E-state index in [1.54, 1.807) is 0 Å². The lowest BCUT2D eigenvalue weighted by Gasteiger charge is -2.30. The minimum atomic E-state index is 0.0200. The maximum absolute atomic E-state index is 9.75. The number of hydrogen-bond donors (Lipinski definition) is 1. The number of nitrogens with zero attached hydrogens (tertiary/aromatic N) is 2. The van der Waals surface area contributed by atoms with E-state index in [1.807, 2.05) is 10.9 Å². The molecule has 1 N–H and O–H groups in total. The second-order valence-corrected chi connectivity index (χ2v) is 5.67. The third kappa shape index (κ3) is 3.84. The standard InChI is InChI=1S/C15H28N2O/c1-5-7-9-15(6-2,12-18)11-14-8-10-17(16-14)13(3)4/h8,10,13,18H,5-7,9,11-12H2,1-4H3. The first-order chi connectivity index (χ1) is 8.56. The van der Waals surface area contributed by atoms with Gasteiger partial charge in [0.1, 0.15) is 0 Å². The molecule has 1 unspecified atom stereocenters. The van der Waals surface area contributed by atoms with Crippen molar-refractivity contribution in [1.29, 1.82) is 0 Å². The van der Waals surface area contributed by atoms with E-state index < -0.39 is 0 Å². The Morgan fingerprint density at radius 1 is 1.39 bits per heavy atom. The Hall–Kier alpha value is -0.830. The zero-order chi connectivity index (χ0) is 13.6. The van der Waals surface area contributed by atoms with Gasteiger partial charge in [0.05, 0.1) is 5.69 Å². The summed E-state index contributed by atoms with van der Waals surface area (Å²) in [6, 6.07) is 2.49. The number of aliphatic hydroxyl groups excluding tert-OH is 1. The highest BCUT2D eigenvalue weighted by Crippen LogP contribution is 2.32. The molecular formula is C15H28N2O. The molecule has 0 spiro atoms. The van der Waals surface area contributed by atoms with Crippen molar-refractivity contribution < 1.29 is 5.11 Å². The van der Waals surface area contributed by atoms with E-state index in [2.05, 4.69) is 38.9 Å². The molecule has 104 valence electrons. The van der Waals surface area contributed by atoms with E-state index >= 15 is 0 Å². The van der Waals surface area contributed by atoms with Gasteiger partial charge in [-0.05, 0) is 44.6 Å². The molecule has 1 aromatic rings. The zero-order valence-corrected chi connectivity index (χ0v) is 12.3. The van der Waals surface area contributed by atoms with Gasteiger partial charge in [-0.1, -0.05) is 26.7 Å². The van der Waals surface area contributed by atoms with Crippen molar-refractivity contribution in [2.45, 2.75) is 65.8 Å². The van der Waals surface area contributed by atoms with Gasteiger partial charge in [-0.25, -0.2) is 0 Å². The fourth-order valence-electron chi connectivity index (χ4n) is 2.33. The number of unbranched alkanes of at least 4 members (excludes halogenated alkanes) is 1. The molecule has 0 amide bonds. The summed E-state index contributed by atoms with van der Waals surface area (Å²) in [6.07, 6.45) is 7.39. The van der Waals surface area contributed by atoms with Gasteiger partial charge in [-0.3, -0.25) is 4.68 Å². The van der Waals surface area contributed by atoms with Crippen LogP contribution in [0, 0.1) is 5.41 Å². The number of aromatic nitrogens is 2. The summed E-state index contributed by atoms with van der Waals surface area (Å²) < 4.78 is 1.99. The van der Waals surface area contributed by atoms with Gasteiger partial charge in [0.15, 0.2) is 0 Å². The van der Waals surface area contributed by atoms with Crippen LogP contribution in [0.25, 0.3) is 0 Å². The quantitative estimate of drug-likeness (QED) is 0.768. The van der Waals surface area contributed by atoms with Gasteiger partial charge < -0.3 is 5.11 Å². The van der Waals surface area contributed by atoms with E-state index in [4.69, 9.17) is 0 Å². The summed E-state index contributed by atoms with van der Waals surface area (Å²) in [5, 5.41) is 14.4. The van der Waals surface area contributed by atoms with Crippen LogP contribution in [0.15, 0.2) is 12.3 Å². The van der Waals surface area contributed by atoms with Crippen LogP contribution in [0.3, 0.4) is 0 Å². The fourth-order valence-corrected chi connectivity index (χ4v) is 2.33. The molecule has 0 saturated heterocycles. The van der Waals surface area contributed by atoms with Crippen molar-refractivity contribution in [3.8, 4) is 0 Å². The number of hydrogen-bond acceptors (Lipinski definition) is 2. The normalized spacial score (nSPS) is 15.0. The Bertz CT molecular complexity index is 340. The van der Waals surface area contributed by atoms with Crippen LogP contribution >= 0.6 is 0 Å². The molecule has 0 radical (unpaired) electrons. The monoisotopic (exact) mass is 252 g/mol. The van der Waals surface area contributed by atoms with Gasteiger partial charge in [0, 0.05) is 18.8 Å². The van der Waals surface area contributed by atoms with Crippen LogP contribution in [-0.4, -0.2) is 21.5 Å². The predicted octanol–water partition coefficient (Wildman–Crippen LogP) is 3.59. The van der Waals surface area contributed by atoms with Crippen LogP contribution in [0.2, 0.25) is 0 Å². The molecule has 3 heteroatoms. The van der Waals surface area contributed by atoms with E-state index in [9.17, 15) is 5.11 Å². The minimum absolute atomic E-state index is 0.0200. The zero-order valence-electron chi connectivity index (χ0n) is 12.3. The molecule has 0 fully saturated rings. The summed E-state index contributed by atoms with van der Waals surface area (Å²) in [5.74, 6) is 0. The van der Waals surface area contributed by atoms with Gasteiger partial charge in [0.25, 0.3) is 0 Å². The Kier molecular flexibility index (Phi) is 5.86. The molecular weight excluding hydrogens is 224 g/mol. The third-order valence-corrected chi connectivity index (χ3v) is 3.89. The van der Waals surface area contributed by atoms with E-state index in [0.717, 1.165) is 25.0 Å². The topological polar surface area (TPSA) is 38.0 Å². The number of aliphatic hydroxyl groups is 1. The Labute approximate surface area is 111 Å². The molecule has 0 aromatic carbocycles. The second-order valence-electron chi connectivity index (χ2n) is 5.67. The summed E-state index contributed by atoms with van der Waals surface area (Å²) in [4.78, 5) is 0. The van der Waals surface area contributed by atoms with Crippen molar-refractivity contribution in [1.82, 2.24) is 9.78 Å². The van der Waals surface area contributed by atoms with E-state index in [1.165, 1.54) is 12.8 Å². The largest absolute Gasteiger partial charge is 0.396 e. The van der Waals surface area contributed by atoms with Crippen LogP contribution < -0.4 is 0 Å². The van der Waals surface area contributed by atoms with E-state index in [-0.39, 0.29) is 12.0 Å². The highest BCUT2D eigenvalue weighted by molar-refractivity contribution is 5.04. The van der Waals surface area contributed by atoms with Crippen molar-refractivity contribution in [2.24, 2.45) is 5.41 Å². The fraction of sp³-hybridized carbons (Fsp3) is 0.800. The molecule has 0 aliphatic heterocycles. The second kappa shape index (κ2) is 6.93. The molecule has 3 nitrogen and oxygen atoms in total. The average molecular weight is 252 g/mol. The molecule has 0 aliphatic carbocycles. The molecule has 1 heterocycles. The van der Waals surface area contributed by atoms with Crippen molar-refractivity contribution in [3.05, 3.63) is 18.0 Å². The lowest BCUT2D eigenvalue weighted by Crippen LogP contribution is -2.27. The van der Waals surface area contributed by atoms with Crippen LogP contribution in [0.4, 0.5) is 0 Å². The SMILES string of the molecule is CCCCC(CC)(CO)Cc1ccn(C(C)C)n1. The molecule has 18 heavy (non-hydrogen) atoms. The summed E-state index contributed by atoms with van der Waals surface area (Å²) in [5.41, 5.74) is 1.13. The first kappa shape index (κ1) is 15.2. The molecule has 1 aromatic heterocycles. The molecule has 1 atom stereocenters. The van der Waals surface area contributed by atoms with E-state index in [0.29, 0.717) is 6.04 Å². The van der Waals surface area contributed by atoms with Gasteiger partial charge in [-0.15, -0.1) is 0 Å². The van der Waals surface area contributed by atoms with Crippen LogP contribution in [-0.2, 0) is 6.42 Å². The molecule has 1 rings (SSSR count). The highest BCUT2D eigenvalue weighted by Gasteiger charge is 2.28. The number of rotatable bonds is 8. The Morgan fingerprint density at radius 2 is 2.11 bits per heavy atom. The van der Waals surface area contributed by atoms with Crippen LogP contribution in [0.5, 0.6) is 0 Å². The molecule has 0 aliphatic rings. The average Bonchev–Trinajstić information content (AvgIpc) is 2.83. The highest BCUT2D eigenvalue weighted by atomic mass is 16.3. The lowest BCUT2D eigenvalue weighted by molar-refractivity contribution is 0.106. The Balaban J connectivity index is 2.75. The van der Waals surface area contributed by atoms with Gasteiger partial charge in [-0.2, -0.15) is 5.10 Å². The third-order valence-electron chi connectivity index (χ3n) is 3.89. The van der Waals surface area contributed by atoms with Crippen molar-refractivity contribution in [3.63, 3.8) is 0 Å². The minimum Gasteiger partial charge on any atom is -0.396 e. The van der Waals surface area contributed by atoms with Crippen LogP contribution in [0.1, 0.15) is 65.1 Å². The smallest absolute Gasteiger partial charge is 0.0631 e. The first-order valence-corrected chi connectivity index (χ1v) is 7.21. The van der Waals surface area contributed by atoms with Crippen molar-refractivity contribution >= 4 is 0 Å².